The first-order chi connectivity index (χ1) is 5.70. The van der Waals surface area contributed by atoms with Crippen LogP contribution in [-0.4, -0.2) is 33.5 Å². The van der Waals surface area contributed by atoms with E-state index in [1.165, 1.54) is 0 Å². The second-order valence-corrected chi connectivity index (χ2v) is 6.99. The van der Waals surface area contributed by atoms with E-state index < -0.39 is 0 Å². The molecule has 0 aliphatic carbocycles. The van der Waals surface area contributed by atoms with Gasteiger partial charge in [-0.2, -0.15) is 50.5 Å². The topological polar surface area (TPSA) is 0 Å². The molecule has 12 heavy (non-hydrogen) atoms. The smallest absolute Gasteiger partial charge is 0.0204 e. The van der Waals surface area contributed by atoms with Gasteiger partial charge in [-0.15, -0.1) is 0 Å². The van der Waals surface area contributed by atoms with Gasteiger partial charge in [-0.3, -0.25) is 0 Å². The molecule has 0 aromatic rings. The Balaban J connectivity index is 3.10. The average Bonchev–Trinajstić information content (AvgIpc) is 2.11. The molecule has 0 nitrogen and oxygen atoms in total. The summed E-state index contributed by atoms with van der Waals surface area (Å²) in [6.07, 6.45) is 0. The predicted molar refractivity (Wildman–Crippen MR) is 78.2 cm³/mol. The van der Waals surface area contributed by atoms with Crippen LogP contribution in [-0.2, 0) is 0 Å². The summed E-state index contributed by atoms with van der Waals surface area (Å²) in [7, 11) is 3.68. The van der Waals surface area contributed by atoms with E-state index in [2.05, 4.69) is 50.5 Å². The first kappa shape index (κ1) is 14.1. The maximum Gasteiger partial charge on any atom is 0.0204 e. The Bertz CT molecular complexity index is 86.0. The standard InChI is InChI=1S/C6H14S6/c7-1-5(9)3-11-12-4-6(10)2-8/h5-10H,1-4H2. The molecule has 0 heterocycles. The van der Waals surface area contributed by atoms with Crippen molar-refractivity contribution in [2.45, 2.75) is 10.5 Å². The highest BCUT2D eigenvalue weighted by atomic mass is 33.1. The van der Waals surface area contributed by atoms with Crippen LogP contribution in [0, 0.1) is 0 Å². The van der Waals surface area contributed by atoms with E-state index in [0.717, 1.165) is 23.0 Å². The summed E-state index contributed by atoms with van der Waals surface area (Å²) in [4.78, 5) is 0. The molecule has 0 bridgehead atoms. The molecule has 74 valence electrons. The molecule has 0 spiro atoms. The fourth-order valence-electron chi connectivity index (χ4n) is 0.359. The average molecular weight is 279 g/mol. The summed E-state index contributed by atoms with van der Waals surface area (Å²) < 4.78 is 0. The molecule has 0 saturated heterocycles. The Labute approximate surface area is 105 Å². The van der Waals surface area contributed by atoms with Crippen molar-refractivity contribution in [3.8, 4) is 0 Å². The van der Waals surface area contributed by atoms with Crippen molar-refractivity contribution in [3.63, 3.8) is 0 Å². The van der Waals surface area contributed by atoms with Gasteiger partial charge in [-0.1, -0.05) is 21.6 Å². The van der Waals surface area contributed by atoms with Gasteiger partial charge in [0, 0.05) is 33.5 Å². The first-order valence-corrected chi connectivity index (χ1v) is 8.31. The van der Waals surface area contributed by atoms with E-state index in [9.17, 15) is 0 Å². The minimum absolute atomic E-state index is 0.403. The van der Waals surface area contributed by atoms with Crippen LogP contribution in [0.1, 0.15) is 0 Å². The molecule has 0 N–H and O–H groups in total. The highest BCUT2D eigenvalue weighted by Gasteiger charge is 2.03. The zero-order valence-electron chi connectivity index (χ0n) is 6.59. The molecule has 0 aliphatic heterocycles. The van der Waals surface area contributed by atoms with Crippen LogP contribution in [0.3, 0.4) is 0 Å². The molecule has 0 amide bonds. The molecule has 0 fully saturated rings. The Hall–Kier alpha value is 2.10. The summed E-state index contributed by atoms with van der Waals surface area (Å²) >= 11 is 17.0. The zero-order valence-corrected chi connectivity index (χ0v) is 11.8. The van der Waals surface area contributed by atoms with Gasteiger partial charge in [-0.25, -0.2) is 0 Å². The molecule has 2 unspecified atom stereocenters. The number of hydrogen-bond acceptors (Lipinski definition) is 6. The van der Waals surface area contributed by atoms with Crippen molar-refractivity contribution in [2.24, 2.45) is 0 Å². The normalized spacial score (nSPS) is 16.0. The van der Waals surface area contributed by atoms with Gasteiger partial charge in [0.1, 0.15) is 0 Å². The SMILES string of the molecule is SCC(S)CSSCC(S)CS. The third kappa shape index (κ3) is 8.69. The van der Waals surface area contributed by atoms with E-state index in [-0.39, 0.29) is 0 Å². The summed E-state index contributed by atoms with van der Waals surface area (Å²) in [6, 6.07) is 0. The minimum Gasteiger partial charge on any atom is -0.178 e. The van der Waals surface area contributed by atoms with Crippen molar-refractivity contribution in [1.29, 1.82) is 0 Å². The van der Waals surface area contributed by atoms with Crippen molar-refractivity contribution < 1.29 is 0 Å². The minimum atomic E-state index is 0.403. The monoisotopic (exact) mass is 278 g/mol. The second kappa shape index (κ2) is 9.65. The Morgan fingerprint density at radius 3 is 1.42 bits per heavy atom. The lowest BCUT2D eigenvalue weighted by Crippen LogP contribution is -2.05. The number of hydrogen-bond donors (Lipinski definition) is 4. The number of thiol groups is 4. The highest BCUT2D eigenvalue weighted by molar-refractivity contribution is 8.76. The van der Waals surface area contributed by atoms with Gasteiger partial charge in [-0.05, 0) is 0 Å². The van der Waals surface area contributed by atoms with Crippen LogP contribution in [0.5, 0.6) is 0 Å². The van der Waals surface area contributed by atoms with Crippen molar-refractivity contribution >= 4 is 72.1 Å². The highest BCUT2D eigenvalue weighted by Crippen LogP contribution is 2.25. The van der Waals surface area contributed by atoms with Crippen LogP contribution in [0.4, 0.5) is 0 Å². The molecule has 0 radical (unpaired) electrons. The molecular formula is C6H14S6. The third-order valence-electron chi connectivity index (χ3n) is 1.03. The van der Waals surface area contributed by atoms with Gasteiger partial charge >= 0.3 is 0 Å². The Morgan fingerprint density at radius 2 is 1.17 bits per heavy atom. The summed E-state index contributed by atoms with van der Waals surface area (Å²) in [5.41, 5.74) is 0. The largest absolute Gasteiger partial charge is 0.178 e. The quantitative estimate of drug-likeness (QED) is 0.321. The lowest BCUT2D eigenvalue weighted by Gasteiger charge is -2.08. The summed E-state index contributed by atoms with van der Waals surface area (Å²) in [6.45, 7) is 0. The van der Waals surface area contributed by atoms with Crippen LogP contribution in [0.25, 0.3) is 0 Å². The molecule has 2 atom stereocenters. The fourth-order valence-corrected chi connectivity index (χ4v) is 4.32. The van der Waals surface area contributed by atoms with Crippen molar-refractivity contribution in [1.82, 2.24) is 0 Å². The zero-order chi connectivity index (χ0) is 9.40. The van der Waals surface area contributed by atoms with Gasteiger partial charge in [0.05, 0.1) is 0 Å². The molecule has 0 aromatic carbocycles. The lowest BCUT2D eigenvalue weighted by molar-refractivity contribution is 1.17. The fraction of sp³-hybridized carbons (Fsp3) is 1.00. The Morgan fingerprint density at radius 1 is 0.833 bits per heavy atom. The molecule has 0 aromatic heterocycles. The molecule has 0 aliphatic rings. The maximum absolute atomic E-state index is 4.33. The Kier molecular flexibility index (Phi) is 11.3. The molecular weight excluding hydrogens is 264 g/mol. The van der Waals surface area contributed by atoms with Gasteiger partial charge in [0.15, 0.2) is 0 Å². The van der Waals surface area contributed by atoms with E-state index in [0.29, 0.717) is 10.5 Å². The second-order valence-electron chi connectivity index (χ2n) is 2.24. The summed E-state index contributed by atoms with van der Waals surface area (Å²) in [5, 5.41) is 0.806. The van der Waals surface area contributed by atoms with Crippen LogP contribution in [0.15, 0.2) is 0 Å². The number of rotatable bonds is 7. The van der Waals surface area contributed by atoms with E-state index >= 15 is 0 Å². The van der Waals surface area contributed by atoms with Crippen molar-refractivity contribution in [3.05, 3.63) is 0 Å². The molecule has 0 saturated carbocycles. The van der Waals surface area contributed by atoms with E-state index in [4.69, 9.17) is 0 Å². The van der Waals surface area contributed by atoms with Crippen LogP contribution < -0.4 is 0 Å². The first-order valence-electron chi connectivity index (χ1n) is 3.53. The lowest BCUT2D eigenvalue weighted by atomic mass is 10.6. The predicted octanol–water partition coefficient (Wildman–Crippen LogP) is 2.82. The van der Waals surface area contributed by atoms with Crippen LogP contribution in [0.2, 0.25) is 0 Å². The van der Waals surface area contributed by atoms with Crippen LogP contribution >= 0.6 is 72.1 Å². The molecule has 0 rings (SSSR count). The maximum atomic E-state index is 4.33. The summed E-state index contributed by atoms with van der Waals surface area (Å²) in [5.74, 6) is 3.77. The van der Waals surface area contributed by atoms with Gasteiger partial charge in [0.2, 0.25) is 0 Å². The van der Waals surface area contributed by atoms with Gasteiger partial charge < -0.3 is 0 Å². The van der Waals surface area contributed by atoms with Gasteiger partial charge in [0.25, 0.3) is 0 Å². The van der Waals surface area contributed by atoms with E-state index in [1.54, 1.807) is 0 Å². The third-order valence-corrected chi connectivity index (χ3v) is 6.27. The molecule has 6 heteroatoms. The van der Waals surface area contributed by atoms with Crippen molar-refractivity contribution in [2.75, 3.05) is 23.0 Å². The van der Waals surface area contributed by atoms with E-state index in [1.807, 2.05) is 21.6 Å².